The molecule has 1 aromatic carbocycles. The fourth-order valence-electron chi connectivity index (χ4n) is 3.23. The molecule has 0 N–H and O–H groups in total. The first-order valence-corrected chi connectivity index (χ1v) is 8.38. The first-order chi connectivity index (χ1) is 11.8. The normalized spacial score (nSPS) is 15.8. The van der Waals surface area contributed by atoms with E-state index in [0.29, 0.717) is 0 Å². The zero-order valence-corrected chi connectivity index (χ0v) is 13.9. The number of para-hydroxylation sites is 1. The monoisotopic (exact) mass is 319 g/mol. The second-order valence-electron chi connectivity index (χ2n) is 6.26. The van der Waals surface area contributed by atoms with Gasteiger partial charge < -0.3 is 4.90 Å². The number of nitrogens with zero attached hydrogens (tertiary/aromatic N) is 5. The average molecular weight is 319 g/mol. The van der Waals surface area contributed by atoms with Crippen LogP contribution in [0.1, 0.15) is 11.4 Å². The van der Waals surface area contributed by atoms with E-state index in [1.54, 1.807) is 0 Å². The number of benzene rings is 1. The molecule has 122 valence electrons. The van der Waals surface area contributed by atoms with Gasteiger partial charge in [-0.2, -0.15) is 0 Å². The molecule has 0 spiro atoms. The van der Waals surface area contributed by atoms with E-state index in [4.69, 9.17) is 0 Å². The standard InChI is InChI=1S/C19H21N5/c1-15-12-22-16(13-21-15)14-23-8-10-24(11-9-23)19-6-7-20-18-5-3-2-4-17(18)19/h2-7,12-13H,8-11,14H2,1H3. The summed E-state index contributed by atoms with van der Waals surface area (Å²) in [6, 6.07) is 10.5. The summed E-state index contributed by atoms with van der Waals surface area (Å²) in [5.41, 5.74) is 4.36. The van der Waals surface area contributed by atoms with Crippen LogP contribution in [0, 0.1) is 6.92 Å². The molecule has 0 amide bonds. The van der Waals surface area contributed by atoms with Gasteiger partial charge in [0.1, 0.15) is 0 Å². The minimum atomic E-state index is 0.873. The molecule has 0 atom stereocenters. The zero-order valence-electron chi connectivity index (χ0n) is 13.9. The maximum Gasteiger partial charge on any atom is 0.0727 e. The predicted octanol–water partition coefficient (Wildman–Crippen LogP) is 2.66. The van der Waals surface area contributed by atoms with Gasteiger partial charge in [0.25, 0.3) is 0 Å². The van der Waals surface area contributed by atoms with Crippen molar-refractivity contribution in [2.75, 3.05) is 31.1 Å². The van der Waals surface area contributed by atoms with Gasteiger partial charge in [0.15, 0.2) is 0 Å². The van der Waals surface area contributed by atoms with Gasteiger partial charge in [-0.3, -0.25) is 19.9 Å². The van der Waals surface area contributed by atoms with Crippen LogP contribution in [0.15, 0.2) is 48.9 Å². The minimum Gasteiger partial charge on any atom is -0.368 e. The molecule has 5 nitrogen and oxygen atoms in total. The molecule has 0 saturated carbocycles. The van der Waals surface area contributed by atoms with E-state index in [2.05, 4.69) is 49.0 Å². The van der Waals surface area contributed by atoms with Crippen LogP contribution in [0.2, 0.25) is 0 Å². The van der Waals surface area contributed by atoms with E-state index in [-0.39, 0.29) is 0 Å². The molecule has 1 aliphatic heterocycles. The fourth-order valence-corrected chi connectivity index (χ4v) is 3.23. The maximum atomic E-state index is 4.46. The number of aromatic nitrogens is 3. The number of aryl methyl sites for hydroxylation is 1. The second kappa shape index (κ2) is 6.53. The van der Waals surface area contributed by atoms with Crippen molar-refractivity contribution < 1.29 is 0 Å². The van der Waals surface area contributed by atoms with E-state index in [9.17, 15) is 0 Å². The van der Waals surface area contributed by atoms with Crippen molar-refractivity contribution in [2.45, 2.75) is 13.5 Å². The summed E-state index contributed by atoms with van der Waals surface area (Å²) in [6.07, 6.45) is 5.64. The van der Waals surface area contributed by atoms with Crippen LogP contribution in [-0.2, 0) is 6.54 Å². The molecule has 0 radical (unpaired) electrons. The molecule has 2 aromatic heterocycles. The summed E-state index contributed by atoms with van der Waals surface area (Å²) in [4.78, 5) is 18.2. The number of hydrogen-bond acceptors (Lipinski definition) is 5. The molecule has 1 aliphatic rings. The van der Waals surface area contributed by atoms with Crippen molar-refractivity contribution in [2.24, 2.45) is 0 Å². The lowest BCUT2D eigenvalue weighted by atomic mass is 10.1. The van der Waals surface area contributed by atoms with Gasteiger partial charge >= 0.3 is 0 Å². The number of fused-ring (bicyclic) bond motifs is 1. The van der Waals surface area contributed by atoms with Gasteiger partial charge in [-0.25, -0.2) is 0 Å². The highest BCUT2D eigenvalue weighted by Crippen LogP contribution is 2.26. The fraction of sp³-hybridized carbons (Fsp3) is 0.316. The molecule has 1 fully saturated rings. The minimum absolute atomic E-state index is 0.873. The molecular weight excluding hydrogens is 298 g/mol. The molecular formula is C19H21N5. The molecule has 0 unspecified atom stereocenters. The summed E-state index contributed by atoms with van der Waals surface area (Å²) in [5.74, 6) is 0. The summed E-state index contributed by atoms with van der Waals surface area (Å²) in [6.45, 7) is 6.95. The summed E-state index contributed by atoms with van der Waals surface area (Å²) in [5, 5.41) is 1.23. The van der Waals surface area contributed by atoms with Crippen molar-refractivity contribution in [1.29, 1.82) is 0 Å². The van der Waals surface area contributed by atoms with Crippen molar-refractivity contribution in [1.82, 2.24) is 19.9 Å². The van der Waals surface area contributed by atoms with E-state index in [1.807, 2.05) is 31.6 Å². The molecule has 24 heavy (non-hydrogen) atoms. The topological polar surface area (TPSA) is 45.2 Å². The Labute approximate surface area is 142 Å². The second-order valence-corrected chi connectivity index (χ2v) is 6.26. The van der Waals surface area contributed by atoms with Crippen LogP contribution in [0.5, 0.6) is 0 Å². The van der Waals surface area contributed by atoms with Gasteiger partial charge in [0.05, 0.1) is 16.9 Å². The third-order valence-corrected chi connectivity index (χ3v) is 4.56. The number of hydrogen-bond donors (Lipinski definition) is 0. The molecule has 0 bridgehead atoms. The molecule has 0 aliphatic carbocycles. The van der Waals surface area contributed by atoms with Crippen LogP contribution >= 0.6 is 0 Å². The van der Waals surface area contributed by atoms with Crippen molar-refractivity contribution >= 4 is 16.6 Å². The van der Waals surface area contributed by atoms with Crippen LogP contribution in [0.25, 0.3) is 10.9 Å². The smallest absolute Gasteiger partial charge is 0.0727 e. The van der Waals surface area contributed by atoms with Crippen LogP contribution in [0.3, 0.4) is 0 Å². The lowest BCUT2D eigenvalue weighted by Crippen LogP contribution is -2.46. The van der Waals surface area contributed by atoms with Crippen LogP contribution < -0.4 is 4.90 Å². The Hall–Kier alpha value is -2.53. The summed E-state index contributed by atoms with van der Waals surface area (Å²) >= 11 is 0. The van der Waals surface area contributed by atoms with E-state index in [1.165, 1.54) is 11.1 Å². The zero-order chi connectivity index (χ0) is 16.4. The summed E-state index contributed by atoms with van der Waals surface area (Å²) in [7, 11) is 0. The van der Waals surface area contributed by atoms with E-state index in [0.717, 1.165) is 49.6 Å². The lowest BCUT2D eigenvalue weighted by molar-refractivity contribution is 0.247. The average Bonchev–Trinajstić information content (AvgIpc) is 2.64. The van der Waals surface area contributed by atoms with Gasteiger partial charge in [0.2, 0.25) is 0 Å². The third kappa shape index (κ3) is 3.08. The van der Waals surface area contributed by atoms with Gasteiger partial charge in [0, 0.05) is 62.4 Å². The van der Waals surface area contributed by atoms with Crippen molar-refractivity contribution in [3.8, 4) is 0 Å². The molecule has 5 heteroatoms. The Balaban J connectivity index is 1.45. The number of piperazine rings is 1. The first-order valence-electron chi connectivity index (χ1n) is 8.38. The largest absolute Gasteiger partial charge is 0.368 e. The molecule has 3 heterocycles. The Morgan fingerprint density at radius 1 is 0.917 bits per heavy atom. The Morgan fingerprint density at radius 3 is 2.54 bits per heavy atom. The predicted molar refractivity (Wildman–Crippen MR) is 96.0 cm³/mol. The highest BCUT2D eigenvalue weighted by atomic mass is 15.3. The van der Waals surface area contributed by atoms with Crippen molar-refractivity contribution in [3.05, 3.63) is 60.3 Å². The van der Waals surface area contributed by atoms with E-state index >= 15 is 0 Å². The molecule has 4 rings (SSSR count). The van der Waals surface area contributed by atoms with Gasteiger partial charge in [-0.1, -0.05) is 18.2 Å². The quantitative estimate of drug-likeness (QED) is 0.743. The van der Waals surface area contributed by atoms with Crippen LogP contribution in [-0.4, -0.2) is 46.0 Å². The third-order valence-electron chi connectivity index (χ3n) is 4.56. The SMILES string of the molecule is Cc1cnc(CN2CCN(c3ccnc4ccccc34)CC2)cn1. The van der Waals surface area contributed by atoms with Gasteiger partial charge in [-0.15, -0.1) is 0 Å². The Bertz CT molecular complexity index is 817. The van der Waals surface area contributed by atoms with Crippen LogP contribution in [0.4, 0.5) is 5.69 Å². The molecule has 3 aromatic rings. The number of anilines is 1. The van der Waals surface area contributed by atoms with Crippen molar-refractivity contribution in [3.63, 3.8) is 0 Å². The highest BCUT2D eigenvalue weighted by molar-refractivity contribution is 5.91. The summed E-state index contributed by atoms with van der Waals surface area (Å²) < 4.78 is 0. The highest BCUT2D eigenvalue weighted by Gasteiger charge is 2.19. The Morgan fingerprint density at radius 2 is 1.75 bits per heavy atom. The Kier molecular flexibility index (Phi) is 4.09. The first kappa shape index (κ1) is 15.0. The van der Waals surface area contributed by atoms with Gasteiger partial charge in [-0.05, 0) is 19.1 Å². The number of rotatable bonds is 3. The molecule has 1 saturated heterocycles. The lowest BCUT2D eigenvalue weighted by Gasteiger charge is -2.36. The van der Waals surface area contributed by atoms with E-state index < -0.39 is 0 Å². The maximum absolute atomic E-state index is 4.46. The number of pyridine rings is 1.